The third-order valence-corrected chi connectivity index (χ3v) is 4.23. The maximum Gasteiger partial charge on any atom is 0.260 e. The van der Waals surface area contributed by atoms with Crippen molar-refractivity contribution < 1.29 is 14.4 Å². The van der Waals surface area contributed by atoms with E-state index in [1.54, 1.807) is 23.4 Å². The third kappa shape index (κ3) is 2.84. The average molecular weight is 316 g/mol. The Morgan fingerprint density at radius 3 is 2.96 bits per heavy atom. The molecule has 3 heterocycles. The van der Waals surface area contributed by atoms with Crippen LogP contribution in [0.5, 0.6) is 0 Å². The van der Waals surface area contributed by atoms with Gasteiger partial charge in [-0.05, 0) is 18.1 Å². The molecule has 0 radical (unpaired) electrons. The predicted octanol–water partition coefficient (Wildman–Crippen LogP) is 1.32. The second kappa shape index (κ2) is 6.08. The zero-order valence-corrected chi connectivity index (χ0v) is 13.3. The zero-order valence-electron chi connectivity index (χ0n) is 13.3. The second-order valence-corrected chi connectivity index (χ2v) is 5.76. The quantitative estimate of drug-likeness (QED) is 0.914. The van der Waals surface area contributed by atoms with Gasteiger partial charge in [-0.1, -0.05) is 19.0 Å². The smallest absolute Gasteiger partial charge is 0.260 e. The Morgan fingerprint density at radius 1 is 1.43 bits per heavy atom. The molecule has 0 bridgehead atoms. The van der Waals surface area contributed by atoms with Crippen LogP contribution in [0.2, 0.25) is 0 Å². The second-order valence-electron chi connectivity index (χ2n) is 5.76. The Kier molecular flexibility index (Phi) is 4.12. The molecule has 1 aliphatic rings. The molecule has 3 rings (SSSR count). The molecular formula is C16H20N4O3. The number of hydrogen-bond acceptors (Lipinski definition) is 6. The summed E-state index contributed by atoms with van der Waals surface area (Å²) in [6.45, 7) is 4.50. The summed E-state index contributed by atoms with van der Waals surface area (Å²) in [7, 11) is 0. The number of aliphatic hydroxyl groups is 1. The molecule has 2 aromatic rings. The van der Waals surface area contributed by atoms with Crippen LogP contribution in [-0.2, 0) is 18.4 Å². The molecule has 0 aromatic carbocycles. The molecule has 1 unspecified atom stereocenters. The van der Waals surface area contributed by atoms with E-state index >= 15 is 0 Å². The van der Waals surface area contributed by atoms with Crippen LogP contribution in [0.3, 0.4) is 0 Å². The fraction of sp³-hybridized carbons (Fsp3) is 0.500. The lowest BCUT2D eigenvalue weighted by molar-refractivity contribution is 0.0136. The number of rotatable bonds is 4. The Balaban J connectivity index is 1.80. The van der Waals surface area contributed by atoms with E-state index in [1.165, 1.54) is 0 Å². The van der Waals surface area contributed by atoms with Gasteiger partial charge in [-0.15, -0.1) is 0 Å². The summed E-state index contributed by atoms with van der Waals surface area (Å²) >= 11 is 0. The van der Waals surface area contributed by atoms with Gasteiger partial charge in [-0.25, -0.2) is 0 Å². The molecule has 23 heavy (non-hydrogen) atoms. The highest BCUT2D eigenvalue weighted by atomic mass is 16.5. The van der Waals surface area contributed by atoms with E-state index in [9.17, 15) is 9.90 Å². The van der Waals surface area contributed by atoms with Crippen LogP contribution in [0.25, 0.3) is 0 Å². The molecule has 1 aliphatic heterocycles. The van der Waals surface area contributed by atoms with Gasteiger partial charge >= 0.3 is 0 Å². The maximum atomic E-state index is 12.7. The standard InChI is InChI=1S/C16H20N4O3/c1-3-11-9-17-7-5-12(11)14(21)20-8-6-16(22,10-20)15-18-13(4-2)19-23-15/h5,7,9,22H,3-4,6,8,10H2,1-2H3. The summed E-state index contributed by atoms with van der Waals surface area (Å²) < 4.78 is 5.16. The predicted molar refractivity (Wildman–Crippen MR) is 81.7 cm³/mol. The minimum absolute atomic E-state index is 0.101. The first-order chi connectivity index (χ1) is 11.1. The highest BCUT2D eigenvalue weighted by Crippen LogP contribution is 2.32. The Labute approximate surface area is 134 Å². The van der Waals surface area contributed by atoms with E-state index in [0.717, 1.165) is 12.0 Å². The molecule has 0 spiro atoms. The normalized spacial score (nSPS) is 20.9. The van der Waals surface area contributed by atoms with Crippen LogP contribution in [0.15, 0.2) is 23.0 Å². The van der Waals surface area contributed by atoms with Gasteiger partial charge < -0.3 is 14.5 Å². The van der Waals surface area contributed by atoms with Gasteiger partial charge in [0.2, 0.25) is 0 Å². The van der Waals surface area contributed by atoms with Gasteiger partial charge in [-0.2, -0.15) is 4.98 Å². The van der Waals surface area contributed by atoms with E-state index < -0.39 is 5.60 Å². The number of aromatic nitrogens is 3. The molecule has 1 fully saturated rings. The van der Waals surface area contributed by atoms with Gasteiger partial charge in [0.25, 0.3) is 11.8 Å². The summed E-state index contributed by atoms with van der Waals surface area (Å²) in [5.74, 6) is 0.645. The van der Waals surface area contributed by atoms with Crippen LogP contribution in [-0.4, -0.2) is 44.1 Å². The summed E-state index contributed by atoms with van der Waals surface area (Å²) in [5.41, 5.74) is 0.265. The van der Waals surface area contributed by atoms with Gasteiger partial charge in [0.1, 0.15) is 0 Å². The van der Waals surface area contributed by atoms with Gasteiger partial charge in [0.15, 0.2) is 11.4 Å². The maximum absolute atomic E-state index is 12.7. The summed E-state index contributed by atoms with van der Waals surface area (Å²) in [5, 5.41) is 14.6. The van der Waals surface area contributed by atoms with E-state index in [4.69, 9.17) is 4.52 Å². The highest BCUT2D eigenvalue weighted by Gasteiger charge is 2.44. The molecule has 122 valence electrons. The van der Waals surface area contributed by atoms with Gasteiger partial charge in [0, 0.05) is 37.3 Å². The van der Waals surface area contributed by atoms with Gasteiger partial charge in [0.05, 0.1) is 6.54 Å². The molecular weight excluding hydrogens is 296 g/mol. The van der Waals surface area contributed by atoms with E-state index in [1.807, 2.05) is 13.8 Å². The molecule has 1 N–H and O–H groups in total. The lowest BCUT2D eigenvalue weighted by Crippen LogP contribution is -2.35. The van der Waals surface area contributed by atoms with Crippen LogP contribution >= 0.6 is 0 Å². The Morgan fingerprint density at radius 2 is 2.26 bits per heavy atom. The first kappa shape index (κ1) is 15.6. The number of likely N-dealkylation sites (tertiary alicyclic amines) is 1. The largest absolute Gasteiger partial charge is 0.378 e. The number of aryl methyl sites for hydroxylation is 2. The molecule has 0 saturated carbocycles. The SMILES string of the molecule is CCc1noc(C2(O)CCN(C(=O)c3ccncc3CC)C2)n1. The average Bonchev–Trinajstić information content (AvgIpc) is 3.22. The summed E-state index contributed by atoms with van der Waals surface area (Å²) in [6.07, 6.45) is 5.08. The minimum Gasteiger partial charge on any atom is -0.378 e. The van der Waals surface area contributed by atoms with Crippen LogP contribution < -0.4 is 0 Å². The van der Waals surface area contributed by atoms with Crippen molar-refractivity contribution in [2.24, 2.45) is 0 Å². The third-order valence-electron chi connectivity index (χ3n) is 4.23. The fourth-order valence-corrected chi connectivity index (χ4v) is 2.82. The topological polar surface area (TPSA) is 92.4 Å². The van der Waals surface area contributed by atoms with Crippen molar-refractivity contribution in [2.75, 3.05) is 13.1 Å². The molecule has 2 aromatic heterocycles. The molecule has 1 amide bonds. The zero-order chi connectivity index (χ0) is 16.4. The highest BCUT2D eigenvalue weighted by molar-refractivity contribution is 5.95. The number of carbonyl (C=O) groups excluding carboxylic acids is 1. The summed E-state index contributed by atoms with van der Waals surface area (Å²) in [6, 6.07) is 1.72. The van der Waals surface area contributed by atoms with Gasteiger partial charge in [-0.3, -0.25) is 9.78 Å². The number of β-amino-alcohol motifs (C(OH)–C–C–N with tert-alkyl or cyclic N) is 1. The van der Waals surface area contributed by atoms with Crippen molar-refractivity contribution in [3.63, 3.8) is 0 Å². The molecule has 1 saturated heterocycles. The Bertz CT molecular complexity index is 715. The lowest BCUT2D eigenvalue weighted by Gasteiger charge is -2.20. The number of pyridine rings is 1. The first-order valence-corrected chi connectivity index (χ1v) is 7.85. The number of carbonyl (C=O) groups is 1. The van der Waals surface area contributed by atoms with Crippen LogP contribution in [0.4, 0.5) is 0 Å². The first-order valence-electron chi connectivity index (χ1n) is 7.85. The number of amides is 1. The van der Waals surface area contributed by atoms with E-state index in [-0.39, 0.29) is 18.3 Å². The van der Waals surface area contributed by atoms with Crippen molar-refractivity contribution in [1.82, 2.24) is 20.0 Å². The monoisotopic (exact) mass is 316 g/mol. The van der Waals surface area contributed by atoms with Crippen molar-refractivity contribution in [3.8, 4) is 0 Å². The molecule has 7 heteroatoms. The van der Waals surface area contributed by atoms with Crippen molar-refractivity contribution in [2.45, 2.75) is 38.7 Å². The van der Waals surface area contributed by atoms with Crippen LogP contribution in [0, 0.1) is 0 Å². The van der Waals surface area contributed by atoms with E-state index in [2.05, 4.69) is 15.1 Å². The fourth-order valence-electron chi connectivity index (χ4n) is 2.82. The van der Waals surface area contributed by atoms with E-state index in [0.29, 0.717) is 30.8 Å². The van der Waals surface area contributed by atoms with Crippen molar-refractivity contribution >= 4 is 5.91 Å². The Hall–Kier alpha value is -2.28. The lowest BCUT2D eigenvalue weighted by atomic mass is 10.0. The number of hydrogen-bond donors (Lipinski definition) is 1. The molecule has 0 aliphatic carbocycles. The summed E-state index contributed by atoms with van der Waals surface area (Å²) in [4.78, 5) is 22.6. The molecule has 1 atom stereocenters. The minimum atomic E-state index is -1.27. The van der Waals surface area contributed by atoms with Crippen molar-refractivity contribution in [3.05, 3.63) is 41.3 Å². The van der Waals surface area contributed by atoms with Crippen LogP contribution in [0.1, 0.15) is 47.9 Å². The number of nitrogens with zero attached hydrogens (tertiary/aromatic N) is 4. The molecule has 7 nitrogen and oxygen atoms in total. The van der Waals surface area contributed by atoms with Crippen molar-refractivity contribution in [1.29, 1.82) is 0 Å².